The Morgan fingerprint density at radius 3 is 1.94 bits per heavy atom. The Morgan fingerprint density at radius 1 is 0.750 bits per heavy atom. The lowest BCUT2D eigenvalue weighted by molar-refractivity contribution is -0.312. The number of hydrogen-bond donors (Lipinski definition) is 12. The van der Waals surface area contributed by atoms with Gasteiger partial charge < -0.3 is 86.3 Å². The molecule has 68 heavy (non-hydrogen) atoms. The summed E-state index contributed by atoms with van der Waals surface area (Å²) in [5.74, 6) is -5.08. The maximum Gasteiger partial charge on any atom is 0.308 e. The normalized spacial score (nSPS) is 42.7. The molecule has 0 radical (unpaired) electrons. The molecule has 0 spiro atoms. The number of nitrogens with zero attached hydrogens (tertiary/aromatic N) is 1. The van der Waals surface area contributed by atoms with Gasteiger partial charge in [-0.3, -0.25) is 4.79 Å². The molecule has 3 heterocycles. The lowest BCUT2D eigenvalue weighted by Crippen LogP contribution is -2.55. The van der Waals surface area contributed by atoms with E-state index in [1.165, 1.54) is 0 Å². The number of carbonyl (C=O) groups excluding carboxylic acids is 1. The van der Waals surface area contributed by atoms with Gasteiger partial charge in [0.2, 0.25) is 5.96 Å². The van der Waals surface area contributed by atoms with Crippen LogP contribution in [0.15, 0.2) is 103 Å². The molecule has 0 aromatic heterocycles. The lowest BCUT2D eigenvalue weighted by Gasteiger charge is -2.46. The average Bonchev–Trinajstić information content (AvgIpc) is 3.26. The van der Waals surface area contributed by atoms with Crippen LogP contribution in [0.3, 0.4) is 0 Å². The number of fused-ring (bicyclic) bond motifs is 2. The van der Waals surface area contributed by atoms with E-state index in [4.69, 9.17) is 35.3 Å². The SMILES string of the molecule is C=C[C@H]1/C=C/C=C/C=C/C=C/C=C/C=C/C=C/[C@H](O[C@@H]2O[C@H](C)[C@@H](ON=C(N)N)C[C@@H]2O)C[C@@H]2O[C@](O)(C[C@@H](O)C[C@@H](O)[C@H](O)CC[C@@H](O)C[C@@H](O)CC(=O)O[C@@H](C)[C@H](C)[C@@H]1O)C[C@H](O)[C@H]2CO. The number of rotatable bonds is 6. The van der Waals surface area contributed by atoms with Crippen LogP contribution in [0.1, 0.15) is 78.6 Å². The Labute approximate surface area is 399 Å². The first-order chi connectivity index (χ1) is 32.2. The molecular weight excluding hydrogens is 887 g/mol. The fourth-order valence-electron chi connectivity index (χ4n) is 8.12. The second kappa shape index (κ2) is 29.9. The number of oxime groups is 1. The minimum atomic E-state index is -2.16. The summed E-state index contributed by atoms with van der Waals surface area (Å²) in [7, 11) is 0. The van der Waals surface area contributed by atoms with Crippen LogP contribution in [0.5, 0.6) is 0 Å². The van der Waals surface area contributed by atoms with Gasteiger partial charge in [-0.1, -0.05) is 98.1 Å². The molecule has 0 amide bonds. The first kappa shape index (κ1) is 58.3. The minimum Gasteiger partial charge on any atom is -0.462 e. The number of guanidine groups is 1. The van der Waals surface area contributed by atoms with Crippen LogP contribution in [-0.4, -0.2) is 161 Å². The Kier molecular flexibility index (Phi) is 25.6. The van der Waals surface area contributed by atoms with Crippen LogP contribution in [0.4, 0.5) is 0 Å². The Hall–Kier alpha value is -4.06. The number of aliphatic hydroxyl groups excluding tert-OH is 9. The largest absolute Gasteiger partial charge is 0.462 e. The molecule has 384 valence electrons. The summed E-state index contributed by atoms with van der Waals surface area (Å²) < 4.78 is 23.8. The maximum atomic E-state index is 12.7. The van der Waals surface area contributed by atoms with Crippen LogP contribution >= 0.6 is 0 Å². The van der Waals surface area contributed by atoms with E-state index in [-0.39, 0.29) is 38.1 Å². The second-order valence-corrected chi connectivity index (χ2v) is 17.9. The fourth-order valence-corrected chi connectivity index (χ4v) is 8.12. The zero-order valence-electron chi connectivity index (χ0n) is 39.3. The third-order valence-electron chi connectivity index (χ3n) is 12.2. The van der Waals surface area contributed by atoms with E-state index in [9.17, 15) is 55.9 Å². The number of nitrogens with two attached hydrogens (primary N) is 2. The summed E-state index contributed by atoms with van der Waals surface area (Å²) in [6, 6.07) is 0. The van der Waals surface area contributed by atoms with E-state index in [1.807, 2.05) is 24.3 Å². The van der Waals surface area contributed by atoms with E-state index in [2.05, 4.69) is 11.7 Å². The summed E-state index contributed by atoms with van der Waals surface area (Å²) in [4.78, 5) is 18.0. The summed E-state index contributed by atoms with van der Waals surface area (Å²) >= 11 is 0. The van der Waals surface area contributed by atoms with Crippen LogP contribution in [0.2, 0.25) is 0 Å². The number of ether oxygens (including phenoxy) is 4. The predicted octanol–water partition coefficient (Wildman–Crippen LogP) is 1.06. The topological polar surface area (TPSA) is 330 Å². The van der Waals surface area contributed by atoms with Crippen molar-refractivity contribution in [1.29, 1.82) is 0 Å². The Bertz CT molecular complexity index is 1750. The highest BCUT2D eigenvalue weighted by molar-refractivity contribution is 5.75. The zero-order valence-corrected chi connectivity index (χ0v) is 39.3. The van der Waals surface area contributed by atoms with E-state index >= 15 is 0 Å². The van der Waals surface area contributed by atoms with Crippen LogP contribution in [0.25, 0.3) is 0 Å². The first-order valence-electron chi connectivity index (χ1n) is 23.3. The molecular formula is C49H77N3O16. The summed E-state index contributed by atoms with van der Waals surface area (Å²) in [5.41, 5.74) is 10.8. The highest BCUT2D eigenvalue weighted by Crippen LogP contribution is 2.38. The number of carbonyl (C=O) groups is 1. The van der Waals surface area contributed by atoms with Crippen molar-refractivity contribution >= 4 is 11.9 Å². The Morgan fingerprint density at radius 2 is 1.35 bits per heavy atom. The van der Waals surface area contributed by atoms with Gasteiger partial charge in [0, 0.05) is 49.9 Å². The van der Waals surface area contributed by atoms with Gasteiger partial charge in [0.05, 0.1) is 74.1 Å². The fraction of sp³-hybridized carbons (Fsp3) is 0.633. The molecule has 19 heteroatoms. The van der Waals surface area contributed by atoms with Crippen molar-refractivity contribution in [1.82, 2.24) is 0 Å². The molecule has 0 aromatic rings. The average molecular weight is 964 g/mol. The number of esters is 1. The molecule has 2 bridgehead atoms. The van der Waals surface area contributed by atoms with Crippen molar-refractivity contribution in [3.63, 3.8) is 0 Å². The van der Waals surface area contributed by atoms with Crippen molar-refractivity contribution in [3.8, 4) is 0 Å². The molecule has 0 saturated carbocycles. The number of allylic oxidation sites excluding steroid dienone is 12. The molecule has 2 saturated heterocycles. The zero-order chi connectivity index (χ0) is 50.4. The van der Waals surface area contributed by atoms with Crippen LogP contribution in [-0.2, 0) is 28.6 Å². The van der Waals surface area contributed by atoms with E-state index in [0.29, 0.717) is 0 Å². The molecule has 3 rings (SSSR count). The molecule has 3 aliphatic heterocycles. The van der Waals surface area contributed by atoms with Gasteiger partial charge in [0.1, 0.15) is 12.2 Å². The van der Waals surface area contributed by atoms with Gasteiger partial charge >= 0.3 is 5.97 Å². The van der Waals surface area contributed by atoms with E-state index in [1.54, 1.807) is 87.6 Å². The van der Waals surface area contributed by atoms with Crippen molar-refractivity contribution in [2.45, 2.75) is 170 Å². The molecule has 19 nitrogen and oxygen atoms in total. The predicted molar refractivity (Wildman–Crippen MR) is 252 cm³/mol. The Balaban J connectivity index is 1.85. The van der Waals surface area contributed by atoms with Crippen LogP contribution < -0.4 is 11.5 Å². The molecule has 0 aliphatic carbocycles. The van der Waals surface area contributed by atoms with Crippen molar-refractivity contribution < 1.29 is 79.6 Å². The number of hydrogen-bond acceptors (Lipinski definition) is 17. The lowest BCUT2D eigenvalue weighted by atomic mass is 9.83. The summed E-state index contributed by atoms with van der Waals surface area (Å²) in [6.45, 7) is 8.33. The van der Waals surface area contributed by atoms with Crippen LogP contribution in [0, 0.1) is 17.8 Å². The second-order valence-electron chi connectivity index (χ2n) is 17.9. The van der Waals surface area contributed by atoms with Gasteiger partial charge in [0.15, 0.2) is 18.2 Å². The maximum absolute atomic E-state index is 12.7. The molecule has 3 aliphatic rings. The van der Waals surface area contributed by atoms with E-state index < -0.39 is 147 Å². The quantitative estimate of drug-likeness (QED) is 0.0582. The first-order valence-corrected chi connectivity index (χ1v) is 23.3. The third kappa shape index (κ3) is 20.5. The highest BCUT2D eigenvalue weighted by Gasteiger charge is 2.48. The van der Waals surface area contributed by atoms with Crippen molar-refractivity contribution in [3.05, 3.63) is 97.7 Å². The van der Waals surface area contributed by atoms with Gasteiger partial charge in [-0.05, 0) is 38.3 Å². The molecule has 18 atom stereocenters. The van der Waals surface area contributed by atoms with Gasteiger partial charge in [-0.15, -0.1) is 6.58 Å². The smallest absolute Gasteiger partial charge is 0.308 e. The van der Waals surface area contributed by atoms with Gasteiger partial charge in [-0.25, -0.2) is 0 Å². The molecule has 0 unspecified atom stereocenters. The van der Waals surface area contributed by atoms with E-state index in [0.717, 1.165) is 0 Å². The minimum absolute atomic E-state index is 0.0393. The summed E-state index contributed by atoms with van der Waals surface area (Å²) in [6.07, 6.45) is 8.52. The monoisotopic (exact) mass is 964 g/mol. The summed E-state index contributed by atoms with van der Waals surface area (Å²) in [5, 5.41) is 112. The van der Waals surface area contributed by atoms with Crippen molar-refractivity contribution in [2.24, 2.45) is 34.4 Å². The van der Waals surface area contributed by atoms with Gasteiger partial charge in [-0.2, -0.15) is 0 Å². The molecule has 2 fully saturated rings. The highest BCUT2D eigenvalue weighted by atomic mass is 16.7. The number of cyclic esters (lactones) is 1. The van der Waals surface area contributed by atoms with Gasteiger partial charge in [0.25, 0.3) is 0 Å². The third-order valence-corrected chi connectivity index (χ3v) is 12.2. The standard InChI is InChI=1S/C49H77N3O16/c1-5-33-18-16-14-12-10-8-6-7-9-11-13-15-17-19-37(66-47-41(59)26-43(32(4)65-47)68-52-48(50)51)25-44-38(29-53)42(60)28-49(63,67-44)27-36(56)23-40(58)39(57)21-20-34(54)22-35(55)24-45(61)64-31(3)30(2)46(33)62/h5-19,30-44,46-47,53-60,62-63H,1,20-29H2,2-4H3,(H4,50,51,52)/b7-6+,10-8+,11-9+,14-12+,15-13+,18-16+,19-17+/t30-,31-,32+,33-,34+,35+,36-,37-,38+,39+,40+,41-,42-,43-,44-,46-,47-,49+/m0/s1. The number of aliphatic hydroxyl groups is 10. The molecule has 14 N–H and O–H groups in total. The molecule has 0 aromatic carbocycles. The van der Waals surface area contributed by atoms with Crippen molar-refractivity contribution in [2.75, 3.05) is 6.61 Å².